The minimum absolute atomic E-state index is 0.0155. The average molecular weight is 757 g/mol. The largest absolute Gasteiger partial charge is 0.624 e. The average Bonchev–Trinajstić information content (AvgIpc) is 4.01. The molecule has 290 valence electrons. The summed E-state index contributed by atoms with van der Waals surface area (Å²) >= 11 is 0. The van der Waals surface area contributed by atoms with Crippen molar-refractivity contribution in [1.82, 2.24) is 14.7 Å². The van der Waals surface area contributed by atoms with Gasteiger partial charge in [-0.3, -0.25) is 29.1 Å². The molecule has 3 saturated heterocycles. The van der Waals surface area contributed by atoms with Crippen molar-refractivity contribution in [2.45, 2.75) is 76.5 Å². The second-order valence-corrected chi connectivity index (χ2v) is 13.4. The number of likely N-dealkylation sites (tertiary alicyclic amines) is 3. The van der Waals surface area contributed by atoms with Crippen molar-refractivity contribution in [2.75, 3.05) is 19.6 Å². The van der Waals surface area contributed by atoms with Gasteiger partial charge in [0, 0.05) is 19.6 Å². The van der Waals surface area contributed by atoms with Crippen LogP contribution in [0.15, 0.2) is 91.0 Å². The Morgan fingerprint density at radius 2 is 0.727 bits per heavy atom. The first-order valence-corrected chi connectivity index (χ1v) is 18.5. The zero-order chi connectivity index (χ0) is 38.6. The third-order valence-corrected chi connectivity index (χ3v) is 9.67. The number of benzene rings is 3. The first-order chi connectivity index (χ1) is 26.8. The quantitative estimate of drug-likeness (QED) is 0.184. The summed E-state index contributed by atoms with van der Waals surface area (Å²) < 4.78 is 33.1. The van der Waals surface area contributed by atoms with Crippen molar-refractivity contribution in [2.24, 2.45) is 0 Å². The number of rotatable bonds is 12. The second-order valence-electron chi connectivity index (χ2n) is 13.4. The standard InChI is InChI=1S/C39H43BN3O12/c44-34(31-19-10-22-41(31)37(47)50-25-28-13-4-1-5-14-28)53-40(54-35(45)32-20-11-23-42(32)38(48)51-26-29-15-6-2-7-16-29)55-36(46)33-21-12-24-43(33)39(49)52-27-30-17-8-3-9-18-30/h1-9,13-18,31-33,40H,10-12,19-27H2/q-1/t31-,32-,33-/m0/s1. The summed E-state index contributed by atoms with van der Waals surface area (Å²) in [6.45, 7) is 0.570. The summed E-state index contributed by atoms with van der Waals surface area (Å²) in [6.07, 6.45) is -0.166. The van der Waals surface area contributed by atoms with Gasteiger partial charge in [-0.25, -0.2) is 14.4 Å². The van der Waals surface area contributed by atoms with Crippen molar-refractivity contribution in [1.29, 1.82) is 0 Å². The summed E-state index contributed by atoms with van der Waals surface area (Å²) in [7, 11) is -3.30. The molecule has 0 radical (unpaired) electrons. The fourth-order valence-corrected chi connectivity index (χ4v) is 6.82. The topological polar surface area (TPSA) is 168 Å². The van der Waals surface area contributed by atoms with Crippen molar-refractivity contribution < 1.29 is 56.9 Å². The molecule has 3 fully saturated rings. The van der Waals surface area contributed by atoms with Crippen molar-refractivity contribution in [3.05, 3.63) is 108 Å². The molecule has 3 amide bonds. The zero-order valence-electron chi connectivity index (χ0n) is 30.3. The van der Waals surface area contributed by atoms with Gasteiger partial charge in [0.25, 0.3) is 17.9 Å². The molecule has 6 rings (SSSR count). The molecular weight excluding hydrogens is 713 g/mol. The van der Waals surface area contributed by atoms with Gasteiger partial charge >= 0.3 is 25.6 Å². The van der Waals surface area contributed by atoms with E-state index < -0.39 is 61.6 Å². The highest BCUT2D eigenvalue weighted by Crippen LogP contribution is 2.25. The van der Waals surface area contributed by atoms with Crippen LogP contribution in [0.5, 0.6) is 0 Å². The molecule has 0 aromatic heterocycles. The molecule has 0 spiro atoms. The highest BCUT2D eigenvalue weighted by molar-refractivity contribution is 6.44. The fourth-order valence-electron chi connectivity index (χ4n) is 6.82. The molecule has 0 bridgehead atoms. The number of carbonyl (C=O) groups excluding carboxylic acids is 6. The van der Waals surface area contributed by atoms with Crippen molar-refractivity contribution in [3.63, 3.8) is 0 Å². The van der Waals surface area contributed by atoms with Crippen LogP contribution >= 0.6 is 0 Å². The monoisotopic (exact) mass is 756 g/mol. The summed E-state index contributed by atoms with van der Waals surface area (Å²) in [5.41, 5.74) is 2.27. The predicted molar refractivity (Wildman–Crippen MR) is 194 cm³/mol. The molecule has 3 heterocycles. The van der Waals surface area contributed by atoms with Crippen LogP contribution in [0.3, 0.4) is 0 Å². The van der Waals surface area contributed by atoms with E-state index in [-0.39, 0.29) is 58.7 Å². The molecule has 55 heavy (non-hydrogen) atoms. The number of nitrogens with zero attached hydrogens (tertiary/aromatic N) is 3. The van der Waals surface area contributed by atoms with Crippen molar-refractivity contribution >= 4 is 43.5 Å². The van der Waals surface area contributed by atoms with Gasteiger partial charge in [0.1, 0.15) is 37.9 Å². The summed E-state index contributed by atoms with van der Waals surface area (Å²) in [5, 5.41) is 0. The molecule has 15 nitrogen and oxygen atoms in total. The highest BCUT2D eigenvalue weighted by atomic mass is 16.8. The maximum atomic E-state index is 13.6. The molecule has 3 aliphatic rings. The van der Waals surface area contributed by atoms with Crippen molar-refractivity contribution in [3.8, 4) is 0 Å². The molecule has 0 unspecified atom stereocenters. The molecule has 16 heteroatoms. The van der Waals surface area contributed by atoms with E-state index in [1.54, 1.807) is 36.4 Å². The van der Waals surface area contributed by atoms with Crippen LogP contribution in [0.4, 0.5) is 14.4 Å². The highest BCUT2D eigenvalue weighted by Gasteiger charge is 2.41. The van der Waals surface area contributed by atoms with Gasteiger partial charge < -0.3 is 28.2 Å². The fraction of sp³-hybridized carbons (Fsp3) is 0.385. The molecule has 3 atom stereocenters. The maximum absolute atomic E-state index is 13.6. The van der Waals surface area contributed by atoms with Crippen LogP contribution in [-0.2, 0) is 62.4 Å². The number of hydrogen-bond acceptors (Lipinski definition) is 12. The van der Waals surface area contributed by atoms with Crippen LogP contribution in [-0.4, -0.2) is 96.0 Å². The van der Waals surface area contributed by atoms with Gasteiger partial charge in [-0.1, -0.05) is 91.0 Å². The lowest BCUT2D eigenvalue weighted by Crippen LogP contribution is -2.49. The first-order valence-electron chi connectivity index (χ1n) is 18.5. The summed E-state index contributed by atoms with van der Waals surface area (Å²) in [5.74, 6) is -2.90. The Balaban J connectivity index is 1.12. The van der Waals surface area contributed by atoms with Crippen LogP contribution in [0, 0.1) is 0 Å². The van der Waals surface area contributed by atoms with E-state index in [0.29, 0.717) is 19.3 Å². The molecule has 3 aromatic carbocycles. The normalized spacial score (nSPS) is 19.1. The van der Waals surface area contributed by atoms with Crippen LogP contribution in [0.1, 0.15) is 55.2 Å². The van der Waals surface area contributed by atoms with Crippen LogP contribution < -0.4 is 0 Å². The van der Waals surface area contributed by atoms with Gasteiger partial charge in [-0.05, 0) is 55.2 Å². The van der Waals surface area contributed by atoms with Gasteiger partial charge in [0.05, 0.1) is 0 Å². The number of ether oxygens (including phenoxy) is 3. The van der Waals surface area contributed by atoms with Crippen LogP contribution in [0.2, 0.25) is 0 Å². The van der Waals surface area contributed by atoms with E-state index in [4.69, 9.17) is 28.2 Å². The smallest absolute Gasteiger partial charge is 0.541 e. The summed E-state index contributed by atoms with van der Waals surface area (Å²) in [6, 6.07) is 23.8. The van der Waals surface area contributed by atoms with E-state index in [2.05, 4.69) is 0 Å². The molecule has 0 saturated carbocycles. The second kappa shape index (κ2) is 18.8. The van der Waals surface area contributed by atoms with Gasteiger partial charge in [-0.2, -0.15) is 0 Å². The Morgan fingerprint density at radius 3 is 1.00 bits per heavy atom. The molecular formula is C39H43BN3O12-. The lowest BCUT2D eigenvalue weighted by Gasteiger charge is -2.34. The third kappa shape index (κ3) is 10.3. The number of hydrogen-bond donors (Lipinski definition) is 0. The number of carbonyl (C=O) groups is 6. The Bertz CT molecular complexity index is 1590. The third-order valence-electron chi connectivity index (χ3n) is 9.67. The minimum Gasteiger partial charge on any atom is -0.624 e. The SMILES string of the molecule is O=C(O[BH-](OC(=O)[C@@H]1CCCN1C(=O)OCc1ccccc1)OC(=O)[C@@H]1CCCN1C(=O)OCc1ccccc1)[C@@H]1CCCN1C(=O)OCc1ccccc1. The van der Waals surface area contributed by atoms with E-state index in [0.717, 1.165) is 16.7 Å². The predicted octanol–water partition coefficient (Wildman–Crippen LogP) is 4.74. The Kier molecular flexibility index (Phi) is 13.2. The lowest BCUT2D eigenvalue weighted by atomic mass is 10.1. The maximum Gasteiger partial charge on any atom is 0.541 e. The molecule has 3 aromatic rings. The molecule has 0 N–H and O–H groups in total. The van der Waals surface area contributed by atoms with E-state index in [1.165, 1.54) is 14.7 Å². The first kappa shape index (κ1) is 38.7. The summed E-state index contributed by atoms with van der Waals surface area (Å²) in [4.78, 5) is 83.7. The van der Waals surface area contributed by atoms with Gasteiger partial charge in [-0.15, -0.1) is 0 Å². The Hall–Kier alpha value is -6.06. The van der Waals surface area contributed by atoms with Gasteiger partial charge in [0.15, 0.2) is 0 Å². The molecule has 3 aliphatic heterocycles. The van der Waals surface area contributed by atoms with Gasteiger partial charge in [0.2, 0.25) is 0 Å². The van der Waals surface area contributed by atoms with E-state index >= 15 is 0 Å². The van der Waals surface area contributed by atoms with Crippen LogP contribution in [0.25, 0.3) is 0 Å². The minimum atomic E-state index is -3.30. The van der Waals surface area contributed by atoms with E-state index in [1.807, 2.05) is 54.6 Å². The lowest BCUT2D eigenvalue weighted by molar-refractivity contribution is -0.153. The Labute approximate surface area is 318 Å². The zero-order valence-corrected chi connectivity index (χ0v) is 30.3. The number of amides is 3. The Morgan fingerprint density at radius 1 is 0.455 bits per heavy atom. The van der Waals surface area contributed by atoms with E-state index in [9.17, 15) is 28.8 Å². The molecule has 0 aliphatic carbocycles.